The minimum absolute atomic E-state index is 0.00934. The molecule has 1 saturated heterocycles. The first kappa shape index (κ1) is 66.4. The summed E-state index contributed by atoms with van der Waals surface area (Å²) in [4.78, 5) is 141. The van der Waals surface area contributed by atoms with Crippen molar-refractivity contribution >= 4 is 81.6 Å². The van der Waals surface area contributed by atoms with Gasteiger partial charge < -0.3 is 79.4 Å². The van der Waals surface area contributed by atoms with Crippen molar-refractivity contribution < 1.29 is 86.2 Å². The van der Waals surface area contributed by atoms with Gasteiger partial charge in [-0.2, -0.15) is 0 Å². The fourth-order valence-corrected chi connectivity index (χ4v) is 12.8. The van der Waals surface area contributed by atoms with Crippen molar-refractivity contribution in [3.05, 3.63) is 178 Å². The first-order valence-electron chi connectivity index (χ1n) is 31.0. The molecule has 0 saturated carbocycles. The van der Waals surface area contributed by atoms with Crippen molar-refractivity contribution in [2.75, 3.05) is 63.8 Å². The van der Waals surface area contributed by atoms with Gasteiger partial charge >= 0.3 is 5.97 Å². The molecule has 504 valence electrons. The molecule has 0 aromatic heterocycles. The molecule has 6 aliphatic rings. The maximum atomic E-state index is 14.9. The van der Waals surface area contributed by atoms with E-state index in [1.54, 1.807) is 72.8 Å². The van der Waals surface area contributed by atoms with Crippen LogP contribution in [0.3, 0.4) is 0 Å². The van der Waals surface area contributed by atoms with Crippen LogP contribution in [0.4, 0.5) is 5.69 Å². The Kier molecular flexibility index (Phi) is 20.0. The number of nitrogens with two attached hydrogens (primary N) is 1. The number of aromatic hydroxyl groups is 1. The number of nitrogens with one attached hydrogen (secondary N) is 3. The molecule has 5 heterocycles. The Labute approximate surface area is 562 Å². The summed E-state index contributed by atoms with van der Waals surface area (Å²) in [6, 6.07) is 35.6. The highest BCUT2D eigenvalue weighted by Gasteiger charge is 2.41. The molecule has 12 rings (SSSR count). The van der Waals surface area contributed by atoms with Crippen LogP contribution in [-0.4, -0.2) is 148 Å². The maximum Gasteiger partial charge on any atom is 0.336 e. The monoisotopic (exact) mass is 1350 g/mol. The molecule has 6 aromatic rings. The summed E-state index contributed by atoms with van der Waals surface area (Å²) < 4.78 is 39.2. The molecule has 1 fully saturated rings. The predicted octanol–water partition coefficient (Wildman–Crippen LogP) is 5.26. The molecule has 28 heteroatoms. The van der Waals surface area contributed by atoms with Crippen LogP contribution in [0.2, 0.25) is 0 Å². The molecule has 98 heavy (non-hydrogen) atoms. The molecule has 7 N–H and O–H groups in total. The number of imide groups is 1. The number of hydrogen-bond donors (Lipinski definition) is 6. The van der Waals surface area contributed by atoms with Crippen LogP contribution in [0.25, 0.3) is 33.4 Å². The first-order chi connectivity index (χ1) is 47.4. The normalized spacial score (nSPS) is 14.3. The number of carbonyl (C=O) groups is 9. The number of rotatable bonds is 28. The molecule has 2 atom stereocenters. The van der Waals surface area contributed by atoms with Crippen LogP contribution >= 0.6 is 11.8 Å². The Hall–Kier alpha value is -11.7. The number of anilines is 1. The van der Waals surface area contributed by atoms with Crippen LogP contribution in [-0.2, 0) is 64.5 Å². The van der Waals surface area contributed by atoms with E-state index in [1.807, 2.05) is 12.1 Å². The number of carbonyl (C=O) groups excluding carboxylic acids is 8. The summed E-state index contributed by atoms with van der Waals surface area (Å²) in [5, 5.41) is 28.6. The molecule has 0 radical (unpaired) electrons. The number of fused-ring (bicyclic) bond motifs is 5. The number of carboxylic acid groups (broad SMARTS) is 1. The predicted molar refractivity (Wildman–Crippen MR) is 352 cm³/mol. The van der Waals surface area contributed by atoms with E-state index >= 15 is 0 Å². The van der Waals surface area contributed by atoms with Gasteiger partial charge in [-0.15, -0.1) is 11.8 Å². The van der Waals surface area contributed by atoms with Gasteiger partial charge in [0.25, 0.3) is 0 Å². The van der Waals surface area contributed by atoms with E-state index in [0.717, 1.165) is 22.2 Å². The van der Waals surface area contributed by atoms with Crippen LogP contribution < -0.4 is 60.4 Å². The lowest BCUT2D eigenvalue weighted by Gasteiger charge is -2.30. The van der Waals surface area contributed by atoms with Crippen LogP contribution in [0.1, 0.15) is 51.9 Å². The van der Waals surface area contributed by atoms with Gasteiger partial charge in [0.1, 0.15) is 36.2 Å². The molecule has 1 aliphatic carbocycles. The molecule has 6 aromatic carbocycles. The molecule has 5 aliphatic heterocycles. The number of benzene rings is 7. The minimum atomic E-state index is -1.40. The van der Waals surface area contributed by atoms with E-state index in [-0.39, 0.29) is 124 Å². The number of ether oxygens (including phenoxy) is 6. The van der Waals surface area contributed by atoms with Crippen LogP contribution in [0.5, 0.6) is 40.2 Å². The number of nitrogens with zero attached hydrogens (tertiary/aromatic N) is 4. The number of aromatic carboxylic acids is 1. The zero-order chi connectivity index (χ0) is 68.6. The molecule has 0 bridgehead atoms. The van der Waals surface area contributed by atoms with Gasteiger partial charge in [0, 0.05) is 80.0 Å². The lowest BCUT2D eigenvalue weighted by atomic mass is 9.90. The molecule has 8 amide bonds. The van der Waals surface area contributed by atoms with E-state index < -0.39 is 84.2 Å². The third-order valence-electron chi connectivity index (χ3n) is 16.5. The Morgan fingerprint density at radius 2 is 1.20 bits per heavy atom. The van der Waals surface area contributed by atoms with Crippen LogP contribution in [0, 0.1) is 0 Å². The number of amides is 8. The second-order valence-electron chi connectivity index (χ2n) is 23.3. The Morgan fingerprint density at radius 1 is 0.612 bits per heavy atom. The number of carboxylic acids is 1. The first-order valence-corrected chi connectivity index (χ1v) is 32.1. The third kappa shape index (κ3) is 15.5. The fraction of sp³-hybridized carbons (Fsp3) is 0.257. The summed E-state index contributed by atoms with van der Waals surface area (Å²) >= 11 is 0.898. The van der Waals surface area contributed by atoms with Crippen LogP contribution in [0.15, 0.2) is 149 Å². The number of thioether (sulfide) groups is 1. The second kappa shape index (κ2) is 29.6. The van der Waals surface area contributed by atoms with Crippen molar-refractivity contribution in [1.82, 2.24) is 30.7 Å². The van der Waals surface area contributed by atoms with E-state index in [1.165, 1.54) is 69.3 Å². The van der Waals surface area contributed by atoms with Gasteiger partial charge in [-0.1, -0.05) is 54.6 Å². The summed E-state index contributed by atoms with van der Waals surface area (Å²) in [6.07, 6.45) is -0.469. The molecule has 1 unspecified atom stereocenters. The second-order valence-corrected chi connectivity index (χ2v) is 24.6. The van der Waals surface area contributed by atoms with Gasteiger partial charge in [-0.25, -0.2) is 9.69 Å². The minimum Gasteiger partial charge on any atom is -0.508 e. The highest BCUT2D eigenvalue weighted by atomic mass is 32.2. The number of hydrogen-bond acceptors (Lipinski definition) is 20. The summed E-state index contributed by atoms with van der Waals surface area (Å²) in [5.41, 5.74) is 8.79. The Morgan fingerprint density at radius 3 is 1.85 bits per heavy atom. The highest BCUT2D eigenvalue weighted by molar-refractivity contribution is 8.00. The lowest BCUT2D eigenvalue weighted by Crippen LogP contribution is -2.49. The van der Waals surface area contributed by atoms with Gasteiger partial charge in [0.2, 0.25) is 67.6 Å². The summed E-state index contributed by atoms with van der Waals surface area (Å²) in [5.74, 6) is -3.67. The average Bonchev–Trinajstić information content (AvgIpc) is 1.34. The Bertz CT molecular complexity index is 4490. The number of phenolic OH excluding ortho intramolecular Hbond substituents is 1. The van der Waals surface area contributed by atoms with Crippen molar-refractivity contribution in [3.8, 4) is 62.7 Å². The largest absolute Gasteiger partial charge is 0.508 e. The standard InChI is InChI=1S/C70H64N8O19S/c71-68(87)51(36-98-60-27-63(83)78(69(60)88)44-11-14-47(50(24-44)70(89)90)67-48-15-12-45(79)25-55(48)97-56-26-46(80)13-16-49(56)67)74-61(81)7-4-20-73-62(82)33-75(30-40-5-2-1-3-6-40)65(85)35-77(32-43-10-19-54-59(23-43)96-39-93-54)66(86)34-76(31-42-9-18-53-58(22-42)95-38-92-53)64(84)29-72-28-41-8-17-52-57(21-41)94-37-91-52/h1-3,5-6,8-19,21-26,51,60,72,79H,4,7,20,27-39H2,(H2,71,87)(H,73,82)(H,74,81)(H,89,90)/t51-,60?/m0/s1. The smallest absolute Gasteiger partial charge is 0.336 e. The lowest BCUT2D eigenvalue weighted by molar-refractivity contribution is -0.145. The van der Waals surface area contributed by atoms with Gasteiger partial charge in [0.05, 0.1) is 29.6 Å². The van der Waals surface area contributed by atoms with E-state index in [2.05, 4.69) is 16.0 Å². The van der Waals surface area contributed by atoms with E-state index in [0.29, 0.717) is 67.7 Å². The quantitative estimate of drug-likeness (QED) is 0.0207. The molecular formula is C70H64N8O19S. The van der Waals surface area contributed by atoms with Crippen molar-refractivity contribution in [2.24, 2.45) is 5.73 Å². The number of phenols is 1. The Balaban J connectivity index is 0.671. The fourth-order valence-electron chi connectivity index (χ4n) is 11.6. The average molecular weight is 1350 g/mol. The molecule has 0 spiro atoms. The van der Waals surface area contributed by atoms with Gasteiger partial charge in [-0.05, 0) is 107 Å². The topological polar surface area (TPSA) is 355 Å². The zero-order valence-electron chi connectivity index (χ0n) is 52.4. The summed E-state index contributed by atoms with van der Waals surface area (Å²) in [7, 11) is 0. The van der Waals surface area contributed by atoms with Crippen molar-refractivity contribution in [3.63, 3.8) is 0 Å². The molecular weight excluding hydrogens is 1290 g/mol. The van der Waals surface area contributed by atoms with Gasteiger partial charge in [0.15, 0.2) is 39.9 Å². The molecule has 27 nitrogen and oxygen atoms in total. The van der Waals surface area contributed by atoms with E-state index in [4.69, 9.17) is 38.6 Å². The SMILES string of the molecule is NC(=O)[C@H](CSC1CC(=O)N(c2ccc(-c3c4ccc(=O)cc-4oc4cc(O)ccc34)c(C(=O)O)c2)C1=O)NC(=O)CCCNC(=O)CN(Cc1ccccc1)C(=O)CN(Cc1ccc2c(c1)OCO2)C(=O)CN(Cc1ccc2c(c1)OCO2)C(=O)CNCc1ccc2c(c1)OCO2. The van der Waals surface area contributed by atoms with E-state index in [9.17, 15) is 58.2 Å². The number of primary amides is 1. The third-order valence-corrected chi connectivity index (χ3v) is 17.8. The van der Waals surface area contributed by atoms with Crippen molar-refractivity contribution in [1.29, 1.82) is 0 Å². The maximum absolute atomic E-state index is 14.9. The van der Waals surface area contributed by atoms with Crippen molar-refractivity contribution in [2.45, 2.75) is 56.7 Å². The highest BCUT2D eigenvalue weighted by Crippen LogP contribution is 2.44. The van der Waals surface area contributed by atoms with Gasteiger partial charge in [-0.3, -0.25) is 43.2 Å². The summed E-state index contributed by atoms with van der Waals surface area (Å²) in [6.45, 7) is -1.48. The zero-order valence-corrected chi connectivity index (χ0v) is 53.2.